The summed E-state index contributed by atoms with van der Waals surface area (Å²) >= 11 is 0. The highest BCUT2D eigenvalue weighted by atomic mass is 16.5. The first-order valence-electron chi connectivity index (χ1n) is 13.9. The van der Waals surface area contributed by atoms with Crippen molar-refractivity contribution < 1.29 is 19.7 Å². The van der Waals surface area contributed by atoms with Crippen LogP contribution in [-0.4, -0.2) is 40.9 Å². The molecular formula is C33H37NO4. The maximum absolute atomic E-state index is 10.3. The summed E-state index contributed by atoms with van der Waals surface area (Å²) in [6.07, 6.45) is 4.30. The number of rotatable bonds is 8. The van der Waals surface area contributed by atoms with E-state index in [1.807, 2.05) is 42.5 Å². The topological polar surface area (TPSA) is 62.2 Å². The molecule has 3 aliphatic rings. The molecule has 0 amide bonds. The molecule has 0 aromatic heterocycles. The Kier molecular flexibility index (Phi) is 6.79. The van der Waals surface area contributed by atoms with Crippen molar-refractivity contribution in [3.05, 3.63) is 83.4 Å². The van der Waals surface area contributed by atoms with Crippen LogP contribution in [0.2, 0.25) is 0 Å². The number of fused-ring (bicyclic) bond motifs is 1. The monoisotopic (exact) mass is 511 g/mol. The lowest BCUT2D eigenvalue weighted by Crippen LogP contribution is -2.35. The molecule has 198 valence electrons. The summed E-state index contributed by atoms with van der Waals surface area (Å²) in [7, 11) is 0. The highest BCUT2D eigenvalue weighted by Gasteiger charge is 2.34. The van der Waals surface area contributed by atoms with Gasteiger partial charge in [0.25, 0.3) is 0 Å². The summed E-state index contributed by atoms with van der Waals surface area (Å²) in [4.78, 5) is 2.51. The normalized spacial score (nSPS) is 22.2. The molecule has 5 nitrogen and oxygen atoms in total. The van der Waals surface area contributed by atoms with Crippen LogP contribution in [0.4, 0.5) is 0 Å². The Hall–Kier alpha value is -3.44. The Morgan fingerprint density at radius 3 is 2.47 bits per heavy atom. The summed E-state index contributed by atoms with van der Waals surface area (Å²) in [5.74, 6) is 3.50. The van der Waals surface area contributed by atoms with Gasteiger partial charge >= 0.3 is 0 Å². The third-order valence-electron chi connectivity index (χ3n) is 8.22. The number of hydrogen-bond acceptors (Lipinski definition) is 5. The Morgan fingerprint density at radius 1 is 0.974 bits per heavy atom. The van der Waals surface area contributed by atoms with Crippen molar-refractivity contribution in [2.45, 2.75) is 51.7 Å². The van der Waals surface area contributed by atoms with E-state index in [2.05, 4.69) is 30.9 Å². The number of ether oxygens (including phenoxy) is 2. The second-order valence-corrected chi connectivity index (χ2v) is 11.4. The van der Waals surface area contributed by atoms with Crippen molar-refractivity contribution in [1.82, 2.24) is 4.90 Å². The average molecular weight is 512 g/mol. The maximum atomic E-state index is 10.3. The average Bonchev–Trinajstić information content (AvgIpc) is 3.63. The van der Waals surface area contributed by atoms with E-state index in [1.165, 1.54) is 24.8 Å². The minimum Gasteiger partial charge on any atom is -0.508 e. The van der Waals surface area contributed by atoms with Gasteiger partial charge in [-0.2, -0.15) is 0 Å². The van der Waals surface area contributed by atoms with Crippen molar-refractivity contribution in [2.75, 3.05) is 19.7 Å². The van der Waals surface area contributed by atoms with Crippen LogP contribution in [0, 0.1) is 11.8 Å². The lowest BCUT2D eigenvalue weighted by molar-refractivity contribution is 0.169. The van der Waals surface area contributed by atoms with Gasteiger partial charge in [-0.3, -0.25) is 4.90 Å². The van der Waals surface area contributed by atoms with Crippen LogP contribution in [0.5, 0.6) is 23.0 Å². The molecule has 3 aromatic rings. The first-order chi connectivity index (χ1) is 18.4. The molecule has 2 heterocycles. The number of phenols is 2. The van der Waals surface area contributed by atoms with E-state index in [9.17, 15) is 10.2 Å². The predicted molar refractivity (Wildman–Crippen MR) is 150 cm³/mol. The second kappa shape index (κ2) is 10.4. The zero-order valence-electron chi connectivity index (χ0n) is 22.3. The quantitative estimate of drug-likeness (QED) is 0.339. The molecule has 5 heteroatoms. The largest absolute Gasteiger partial charge is 0.508 e. The van der Waals surface area contributed by atoms with Crippen LogP contribution in [0.3, 0.4) is 0 Å². The SMILES string of the molecule is C[C@@H]1CCN([C@@H](C)COc2ccc(C3Oc4ccc(O)cc4C(CC4CC4)=C3c3cccc(O)c3)cc2)C1. The standard InChI is InChI=1S/C33H37NO4/c1-21-14-15-34(19-21)22(2)20-37-28-11-8-24(9-12-28)33-32(25-4-3-5-26(35)17-25)30(16-23-6-7-23)29-18-27(36)10-13-31(29)38-33/h3-5,8-13,17-18,21-23,33,35-36H,6-7,14-16,19-20H2,1-2H3/t21-,22+,33?/m1/s1. The fourth-order valence-electron chi connectivity index (χ4n) is 5.84. The first-order valence-corrected chi connectivity index (χ1v) is 13.9. The van der Waals surface area contributed by atoms with Gasteiger partial charge in [-0.25, -0.2) is 0 Å². The van der Waals surface area contributed by atoms with Gasteiger partial charge in [0.05, 0.1) is 0 Å². The summed E-state index contributed by atoms with van der Waals surface area (Å²) in [5, 5.41) is 20.6. The minimum atomic E-state index is -0.332. The van der Waals surface area contributed by atoms with E-state index in [0.29, 0.717) is 18.6 Å². The van der Waals surface area contributed by atoms with Crippen molar-refractivity contribution in [2.24, 2.45) is 11.8 Å². The van der Waals surface area contributed by atoms with Gasteiger partial charge in [0, 0.05) is 23.7 Å². The Bertz CT molecular complexity index is 1330. The fourth-order valence-corrected chi connectivity index (χ4v) is 5.84. The van der Waals surface area contributed by atoms with Gasteiger partial charge in [0.1, 0.15) is 35.7 Å². The molecular weight excluding hydrogens is 474 g/mol. The van der Waals surface area contributed by atoms with E-state index in [-0.39, 0.29) is 17.6 Å². The molecule has 0 radical (unpaired) electrons. The number of hydrogen-bond donors (Lipinski definition) is 2. The van der Waals surface area contributed by atoms with Crippen LogP contribution in [0.1, 0.15) is 62.3 Å². The smallest absolute Gasteiger partial charge is 0.150 e. The van der Waals surface area contributed by atoms with Crippen LogP contribution in [-0.2, 0) is 0 Å². The predicted octanol–water partition coefficient (Wildman–Crippen LogP) is 7.05. The Labute approximate surface area is 225 Å². The van der Waals surface area contributed by atoms with Crippen LogP contribution >= 0.6 is 0 Å². The third kappa shape index (κ3) is 5.25. The molecule has 1 saturated heterocycles. The first kappa shape index (κ1) is 24.9. The van der Waals surface area contributed by atoms with Gasteiger partial charge in [0.15, 0.2) is 0 Å². The summed E-state index contributed by atoms with van der Waals surface area (Å²) < 4.78 is 12.8. The molecule has 38 heavy (non-hydrogen) atoms. The highest BCUT2D eigenvalue weighted by molar-refractivity contribution is 5.97. The lowest BCUT2D eigenvalue weighted by atomic mass is 9.83. The zero-order chi connectivity index (χ0) is 26.2. The summed E-state index contributed by atoms with van der Waals surface area (Å²) in [6, 6.07) is 21.4. The second-order valence-electron chi connectivity index (χ2n) is 11.4. The van der Waals surface area contributed by atoms with E-state index in [0.717, 1.165) is 59.2 Å². The van der Waals surface area contributed by atoms with Gasteiger partial charge in [-0.05, 0) is 110 Å². The molecule has 1 aliphatic carbocycles. The lowest BCUT2D eigenvalue weighted by Gasteiger charge is -2.32. The Morgan fingerprint density at radius 2 is 1.76 bits per heavy atom. The Balaban J connectivity index is 1.31. The van der Waals surface area contributed by atoms with Crippen LogP contribution < -0.4 is 9.47 Å². The molecule has 2 fully saturated rings. The number of benzene rings is 3. The van der Waals surface area contributed by atoms with Crippen molar-refractivity contribution in [3.8, 4) is 23.0 Å². The third-order valence-corrected chi connectivity index (χ3v) is 8.22. The van der Waals surface area contributed by atoms with E-state index in [1.54, 1.807) is 12.1 Å². The van der Waals surface area contributed by atoms with Crippen LogP contribution in [0.25, 0.3) is 11.1 Å². The van der Waals surface area contributed by atoms with Gasteiger partial charge in [-0.1, -0.05) is 31.2 Å². The number of phenolic OH excluding ortho intramolecular Hbond substituents is 2. The van der Waals surface area contributed by atoms with Gasteiger partial charge in [0.2, 0.25) is 0 Å². The van der Waals surface area contributed by atoms with Crippen molar-refractivity contribution in [1.29, 1.82) is 0 Å². The maximum Gasteiger partial charge on any atom is 0.150 e. The molecule has 0 bridgehead atoms. The fraction of sp³-hybridized carbons (Fsp3) is 0.394. The molecule has 0 spiro atoms. The number of allylic oxidation sites excluding steroid dienone is 1. The molecule has 1 saturated carbocycles. The molecule has 2 aliphatic heterocycles. The minimum absolute atomic E-state index is 0.228. The molecule has 1 unspecified atom stereocenters. The van der Waals surface area contributed by atoms with Gasteiger partial charge in [-0.15, -0.1) is 0 Å². The summed E-state index contributed by atoms with van der Waals surface area (Å²) in [5.41, 5.74) is 5.15. The number of aromatic hydroxyl groups is 2. The van der Waals surface area contributed by atoms with E-state index >= 15 is 0 Å². The number of likely N-dealkylation sites (tertiary alicyclic amines) is 1. The van der Waals surface area contributed by atoms with E-state index in [4.69, 9.17) is 9.47 Å². The van der Waals surface area contributed by atoms with Gasteiger partial charge < -0.3 is 19.7 Å². The summed E-state index contributed by atoms with van der Waals surface area (Å²) in [6.45, 7) is 7.52. The van der Waals surface area contributed by atoms with Crippen LogP contribution in [0.15, 0.2) is 66.7 Å². The molecule has 6 rings (SSSR count). The number of nitrogens with zero attached hydrogens (tertiary/aromatic N) is 1. The molecule has 3 aromatic carbocycles. The molecule has 3 atom stereocenters. The highest BCUT2D eigenvalue weighted by Crippen LogP contribution is 2.52. The van der Waals surface area contributed by atoms with Crippen molar-refractivity contribution >= 4 is 11.1 Å². The van der Waals surface area contributed by atoms with E-state index < -0.39 is 0 Å². The zero-order valence-corrected chi connectivity index (χ0v) is 22.3. The molecule has 2 N–H and O–H groups in total. The van der Waals surface area contributed by atoms with Crippen molar-refractivity contribution in [3.63, 3.8) is 0 Å².